The van der Waals surface area contributed by atoms with E-state index in [9.17, 15) is 0 Å². The first-order valence-electron chi connectivity index (χ1n) is 6.74. The van der Waals surface area contributed by atoms with Gasteiger partial charge in [-0.25, -0.2) is 4.98 Å². The molecule has 1 unspecified atom stereocenters. The van der Waals surface area contributed by atoms with Crippen molar-refractivity contribution in [1.82, 2.24) is 10.3 Å². The lowest BCUT2D eigenvalue weighted by Gasteiger charge is -2.26. The second-order valence-electron chi connectivity index (χ2n) is 4.86. The Morgan fingerprint density at radius 3 is 3.00 bits per heavy atom. The molecule has 104 valence electrons. The van der Waals surface area contributed by atoms with Crippen molar-refractivity contribution in [2.24, 2.45) is 0 Å². The number of fused-ring (bicyclic) bond motifs is 1. The summed E-state index contributed by atoms with van der Waals surface area (Å²) in [6.07, 6.45) is 1.87. The third-order valence-electron chi connectivity index (χ3n) is 3.53. The molecule has 0 saturated heterocycles. The van der Waals surface area contributed by atoms with Gasteiger partial charge in [-0.15, -0.1) is 0 Å². The van der Waals surface area contributed by atoms with Crippen molar-refractivity contribution in [2.75, 3.05) is 12.9 Å². The van der Waals surface area contributed by atoms with Crippen LogP contribution in [0.4, 0.5) is 0 Å². The molecule has 1 atom stereocenters. The van der Waals surface area contributed by atoms with Gasteiger partial charge in [0, 0.05) is 36.4 Å². The molecule has 1 aliphatic heterocycles. The van der Waals surface area contributed by atoms with Gasteiger partial charge in [-0.2, -0.15) is 11.8 Å². The number of pyridine rings is 1. The maximum absolute atomic E-state index is 5.08. The Labute approximate surface area is 123 Å². The average molecular weight is 286 g/mol. The van der Waals surface area contributed by atoms with Crippen LogP contribution in [0.15, 0.2) is 42.6 Å². The fourth-order valence-corrected chi connectivity index (χ4v) is 3.56. The van der Waals surface area contributed by atoms with E-state index < -0.39 is 0 Å². The minimum Gasteiger partial charge on any atom is -0.481 e. The maximum atomic E-state index is 5.08. The highest BCUT2D eigenvalue weighted by atomic mass is 32.2. The van der Waals surface area contributed by atoms with Crippen LogP contribution < -0.4 is 10.1 Å². The molecule has 1 aliphatic rings. The Hall–Kier alpha value is -1.52. The molecule has 0 saturated carbocycles. The van der Waals surface area contributed by atoms with E-state index in [0.29, 0.717) is 11.9 Å². The van der Waals surface area contributed by atoms with Crippen LogP contribution in [0.3, 0.4) is 0 Å². The van der Waals surface area contributed by atoms with Gasteiger partial charge in [0.1, 0.15) is 0 Å². The fourth-order valence-electron chi connectivity index (χ4n) is 2.43. The third kappa shape index (κ3) is 2.97. The first kappa shape index (κ1) is 13.5. The minimum absolute atomic E-state index is 0.423. The smallest absolute Gasteiger partial charge is 0.212 e. The molecule has 0 fully saturated rings. The average Bonchev–Trinajstić information content (AvgIpc) is 2.53. The number of hydrogen-bond acceptors (Lipinski definition) is 4. The molecule has 0 spiro atoms. The van der Waals surface area contributed by atoms with Gasteiger partial charge < -0.3 is 10.1 Å². The van der Waals surface area contributed by atoms with Crippen LogP contribution in [0, 0.1) is 0 Å². The Balaban J connectivity index is 1.66. The lowest BCUT2D eigenvalue weighted by Crippen LogP contribution is -2.26. The summed E-state index contributed by atoms with van der Waals surface area (Å²) in [4.78, 5) is 4.24. The molecule has 0 radical (unpaired) electrons. The minimum atomic E-state index is 0.423. The molecular formula is C16H18N2OS. The SMILES string of the molecule is COc1ccc(CNC2CSCc3ccccc32)cn1. The quantitative estimate of drug-likeness (QED) is 0.936. The van der Waals surface area contributed by atoms with Crippen molar-refractivity contribution in [3.8, 4) is 5.88 Å². The third-order valence-corrected chi connectivity index (χ3v) is 4.62. The van der Waals surface area contributed by atoms with Crippen molar-refractivity contribution in [3.05, 3.63) is 59.3 Å². The van der Waals surface area contributed by atoms with Crippen LogP contribution in [-0.2, 0) is 12.3 Å². The van der Waals surface area contributed by atoms with E-state index in [2.05, 4.69) is 40.6 Å². The summed E-state index contributed by atoms with van der Waals surface area (Å²) in [6, 6.07) is 13.1. The Kier molecular flexibility index (Phi) is 4.23. The van der Waals surface area contributed by atoms with Crippen molar-refractivity contribution in [1.29, 1.82) is 0 Å². The van der Waals surface area contributed by atoms with E-state index >= 15 is 0 Å². The molecule has 3 rings (SSSR count). The largest absolute Gasteiger partial charge is 0.481 e. The molecule has 0 amide bonds. The van der Waals surface area contributed by atoms with Crippen molar-refractivity contribution < 1.29 is 4.74 Å². The van der Waals surface area contributed by atoms with E-state index in [1.54, 1.807) is 7.11 Å². The van der Waals surface area contributed by atoms with Gasteiger partial charge in [-0.05, 0) is 16.7 Å². The molecule has 0 aliphatic carbocycles. The lowest BCUT2D eigenvalue weighted by molar-refractivity contribution is 0.397. The van der Waals surface area contributed by atoms with Crippen molar-refractivity contribution in [3.63, 3.8) is 0 Å². The second-order valence-corrected chi connectivity index (χ2v) is 5.89. The predicted molar refractivity (Wildman–Crippen MR) is 83.0 cm³/mol. The van der Waals surface area contributed by atoms with E-state index in [1.165, 1.54) is 16.7 Å². The standard InChI is InChI=1S/C16H18N2OS/c1-19-16-7-6-12(9-18-16)8-17-15-11-20-10-13-4-2-3-5-14(13)15/h2-7,9,15,17H,8,10-11H2,1H3. The van der Waals surface area contributed by atoms with E-state index in [1.807, 2.05) is 24.0 Å². The highest BCUT2D eigenvalue weighted by molar-refractivity contribution is 7.98. The monoisotopic (exact) mass is 286 g/mol. The van der Waals surface area contributed by atoms with Gasteiger partial charge in [-0.1, -0.05) is 30.3 Å². The number of methoxy groups -OCH3 is 1. The zero-order chi connectivity index (χ0) is 13.8. The first-order chi connectivity index (χ1) is 9.86. The number of nitrogens with one attached hydrogen (secondary N) is 1. The summed E-state index contributed by atoms with van der Waals surface area (Å²) >= 11 is 1.99. The van der Waals surface area contributed by atoms with Crippen LogP contribution in [0.5, 0.6) is 5.88 Å². The molecule has 2 heterocycles. The van der Waals surface area contributed by atoms with E-state index in [4.69, 9.17) is 4.74 Å². The number of rotatable bonds is 4. The number of aromatic nitrogens is 1. The number of thioether (sulfide) groups is 1. The Morgan fingerprint density at radius 2 is 2.20 bits per heavy atom. The van der Waals surface area contributed by atoms with Gasteiger partial charge in [0.2, 0.25) is 5.88 Å². The van der Waals surface area contributed by atoms with Gasteiger partial charge >= 0.3 is 0 Å². The zero-order valence-corrected chi connectivity index (χ0v) is 12.3. The van der Waals surface area contributed by atoms with Crippen LogP contribution in [-0.4, -0.2) is 17.8 Å². The number of ether oxygens (including phenoxy) is 1. The number of benzene rings is 1. The second kappa shape index (κ2) is 6.29. The normalized spacial score (nSPS) is 17.6. The van der Waals surface area contributed by atoms with Crippen LogP contribution in [0.25, 0.3) is 0 Å². The molecule has 0 bridgehead atoms. The number of hydrogen-bond donors (Lipinski definition) is 1. The van der Waals surface area contributed by atoms with Gasteiger partial charge in [-0.3, -0.25) is 0 Å². The molecule has 20 heavy (non-hydrogen) atoms. The topological polar surface area (TPSA) is 34.1 Å². The van der Waals surface area contributed by atoms with Gasteiger partial charge in [0.25, 0.3) is 0 Å². The van der Waals surface area contributed by atoms with Gasteiger partial charge in [0.05, 0.1) is 7.11 Å². The summed E-state index contributed by atoms with van der Waals surface area (Å²) in [6.45, 7) is 0.830. The summed E-state index contributed by atoms with van der Waals surface area (Å²) in [5, 5.41) is 3.63. The lowest BCUT2D eigenvalue weighted by atomic mass is 10.0. The van der Waals surface area contributed by atoms with Crippen molar-refractivity contribution >= 4 is 11.8 Å². The van der Waals surface area contributed by atoms with Gasteiger partial charge in [0.15, 0.2) is 0 Å². The van der Waals surface area contributed by atoms with Crippen molar-refractivity contribution in [2.45, 2.75) is 18.3 Å². The van der Waals surface area contributed by atoms with Crippen LogP contribution >= 0.6 is 11.8 Å². The predicted octanol–water partition coefficient (Wildman–Crippen LogP) is 3.17. The van der Waals surface area contributed by atoms with E-state index in [-0.39, 0.29) is 0 Å². The fraction of sp³-hybridized carbons (Fsp3) is 0.312. The maximum Gasteiger partial charge on any atom is 0.212 e. The van der Waals surface area contributed by atoms with Crippen LogP contribution in [0.1, 0.15) is 22.7 Å². The zero-order valence-electron chi connectivity index (χ0n) is 11.5. The highest BCUT2D eigenvalue weighted by Crippen LogP contribution is 2.31. The molecule has 3 nitrogen and oxygen atoms in total. The van der Waals surface area contributed by atoms with Crippen LogP contribution in [0.2, 0.25) is 0 Å². The van der Waals surface area contributed by atoms with E-state index in [0.717, 1.165) is 18.1 Å². The molecule has 4 heteroatoms. The first-order valence-corrected chi connectivity index (χ1v) is 7.90. The molecular weight excluding hydrogens is 268 g/mol. The summed E-state index contributed by atoms with van der Waals surface area (Å²) < 4.78 is 5.08. The molecule has 1 aromatic carbocycles. The molecule has 1 aromatic heterocycles. The Morgan fingerprint density at radius 1 is 1.30 bits per heavy atom. The summed E-state index contributed by atoms with van der Waals surface area (Å²) in [7, 11) is 1.64. The molecule has 2 aromatic rings. The summed E-state index contributed by atoms with van der Waals surface area (Å²) in [5.41, 5.74) is 4.07. The molecule has 1 N–H and O–H groups in total. The summed E-state index contributed by atoms with van der Waals surface area (Å²) in [5.74, 6) is 2.91. The highest BCUT2D eigenvalue weighted by Gasteiger charge is 2.19. The number of nitrogens with zero attached hydrogens (tertiary/aromatic N) is 1. The Bertz CT molecular complexity index is 571.